The fourth-order valence-electron chi connectivity index (χ4n) is 2.05. The van der Waals surface area contributed by atoms with Crippen molar-refractivity contribution in [2.24, 2.45) is 0 Å². The summed E-state index contributed by atoms with van der Waals surface area (Å²) < 4.78 is 23.2. The van der Waals surface area contributed by atoms with Crippen LogP contribution in [0.2, 0.25) is 0 Å². The molecule has 0 saturated carbocycles. The molecular formula is C19H14FNO3. The van der Waals surface area contributed by atoms with Gasteiger partial charge >= 0.3 is 5.97 Å². The molecule has 0 aliphatic carbocycles. The van der Waals surface area contributed by atoms with Gasteiger partial charge in [0.15, 0.2) is 5.76 Å². The molecule has 0 radical (unpaired) electrons. The van der Waals surface area contributed by atoms with Crippen molar-refractivity contribution in [3.05, 3.63) is 83.8 Å². The maximum absolute atomic E-state index is 12.9. The van der Waals surface area contributed by atoms with Crippen molar-refractivity contribution in [1.29, 1.82) is 0 Å². The Bertz CT molecular complexity index is 839. The van der Waals surface area contributed by atoms with E-state index in [1.807, 2.05) is 30.3 Å². The molecule has 1 aromatic heterocycles. The van der Waals surface area contributed by atoms with Crippen LogP contribution in [0.3, 0.4) is 0 Å². The van der Waals surface area contributed by atoms with Crippen molar-refractivity contribution in [3.8, 4) is 11.3 Å². The van der Waals surface area contributed by atoms with Crippen molar-refractivity contribution in [1.82, 2.24) is 5.16 Å². The van der Waals surface area contributed by atoms with Gasteiger partial charge in [-0.25, -0.2) is 9.18 Å². The van der Waals surface area contributed by atoms with Crippen molar-refractivity contribution < 1.29 is 18.4 Å². The summed E-state index contributed by atoms with van der Waals surface area (Å²) >= 11 is 0. The molecule has 120 valence electrons. The van der Waals surface area contributed by atoms with Crippen LogP contribution in [0, 0.1) is 5.82 Å². The smallest absolute Gasteiger partial charge is 0.331 e. The topological polar surface area (TPSA) is 52.3 Å². The Morgan fingerprint density at radius 2 is 1.88 bits per heavy atom. The van der Waals surface area contributed by atoms with E-state index in [-0.39, 0.29) is 12.4 Å². The summed E-state index contributed by atoms with van der Waals surface area (Å²) in [6.07, 6.45) is 3.03. The number of rotatable bonds is 5. The first-order valence-electron chi connectivity index (χ1n) is 7.32. The third-order valence-corrected chi connectivity index (χ3v) is 3.26. The molecular weight excluding hydrogens is 309 g/mol. The van der Waals surface area contributed by atoms with E-state index in [2.05, 4.69) is 5.16 Å². The van der Waals surface area contributed by atoms with Crippen LogP contribution in [0.15, 0.2) is 71.3 Å². The van der Waals surface area contributed by atoms with Crippen molar-refractivity contribution in [3.63, 3.8) is 0 Å². The molecule has 3 aromatic rings. The number of carbonyl (C=O) groups is 1. The molecule has 24 heavy (non-hydrogen) atoms. The molecule has 0 spiro atoms. The highest BCUT2D eigenvalue weighted by Crippen LogP contribution is 2.20. The molecule has 0 fully saturated rings. The minimum absolute atomic E-state index is 0.00264. The normalized spacial score (nSPS) is 10.9. The summed E-state index contributed by atoms with van der Waals surface area (Å²) in [7, 11) is 0. The molecule has 0 bridgehead atoms. The molecule has 0 unspecified atom stereocenters. The highest BCUT2D eigenvalue weighted by molar-refractivity contribution is 5.87. The van der Waals surface area contributed by atoms with Gasteiger partial charge in [-0.1, -0.05) is 35.5 Å². The molecule has 0 amide bonds. The fourth-order valence-corrected chi connectivity index (χ4v) is 2.05. The largest absolute Gasteiger partial charge is 0.456 e. The predicted molar refractivity (Wildman–Crippen MR) is 87.2 cm³/mol. The van der Waals surface area contributed by atoms with Gasteiger partial charge in [0.1, 0.15) is 18.1 Å². The van der Waals surface area contributed by atoms with Gasteiger partial charge in [0, 0.05) is 17.7 Å². The van der Waals surface area contributed by atoms with Crippen LogP contribution in [0.4, 0.5) is 4.39 Å². The minimum Gasteiger partial charge on any atom is -0.456 e. The van der Waals surface area contributed by atoms with Gasteiger partial charge in [-0.15, -0.1) is 0 Å². The average Bonchev–Trinajstić information content (AvgIpc) is 3.09. The van der Waals surface area contributed by atoms with Crippen LogP contribution >= 0.6 is 0 Å². The molecule has 0 atom stereocenters. The van der Waals surface area contributed by atoms with E-state index < -0.39 is 5.97 Å². The van der Waals surface area contributed by atoms with Crippen LogP contribution in [-0.2, 0) is 16.1 Å². The summed E-state index contributed by atoms with van der Waals surface area (Å²) in [5.41, 5.74) is 2.09. The lowest BCUT2D eigenvalue weighted by molar-refractivity contribution is -0.139. The molecule has 1 heterocycles. The lowest BCUT2D eigenvalue weighted by Crippen LogP contribution is -2.00. The van der Waals surface area contributed by atoms with Gasteiger partial charge in [-0.05, 0) is 35.9 Å². The van der Waals surface area contributed by atoms with Gasteiger partial charge in [0.2, 0.25) is 0 Å². The lowest BCUT2D eigenvalue weighted by Gasteiger charge is -1.97. The maximum Gasteiger partial charge on any atom is 0.331 e. The summed E-state index contributed by atoms with van der Waals surface area (Å²) in [6.45, 7) is 0.00264. The number of hydrogen-bond acceptors (Lipinski definition) is 4. The molecule has 0 aliphatic heterocycles. The SMILES string of the molecule is O=C(/C=C/c1ccccc1)OCc1cc(-c2ccc(F)cc2)on1. The number of benzene rings is 2. The third-order valence-electron chi connectivity index (χ3n) is 3.26. The van der Waals surface area contributed by atoms with Crippen LogP contribution in [0.5, 0.6) is 0 Å². The molecule has 3 rings (SSSR count). The quantitative estimate of drug-likeness (QED) is 0.520. The lowest BCUT2D eigenvalue weighted by atomic mass is 10.1. The second-order valence-corrected chi connectivity index (χ2v) is 5.04. The Labute approximate surface area is 138 Å². The molecule has 4 nitrogen and oxygen atoms in total. The average molecular weight is 323 g/mol. The zero-order valence-electron chi connectivity index (χ0n) is 12.7. The maximum atomic E-state index is 12.9. The first kappa shape index (κ1) is 15.7. The van der Waals surface area contributed by atoms with Crippen molar-refractivity contribution in [2.75, 3.05) is 0 Å². The number of halogens is 1. The number of nitrogens with zero attached hydrogens (tertiary/aromatic N) is 1. The molecule has 2 aromatic carbocycles. The van der Waals surface area contributed by atoms with Crippen LogP contribution in [0.1, 0.15) is 11.3 Å². The second-order valence-electron chi connectivity index (χ2n) is 5.04. The number of carbonyl (C=O) groups excluding carboxylic acids is 1. The summed E-state index contributed by atoms with van der Waals surface area (Å²) in [5.74, 6) is -0.302. The molecule has 0 saturated heterocycles. The van der Waals surface area contributed by atoms with E-state index in [9.17, 15) is 9.18 Å². The van der Waals surface area contributed by atoms with E-state index in [1.165, 1.54) is 18.2 Å². The Morgan fingerprint density at radius 1 is 1.12 bits per heavy atom. The van der Waals surface area contributed by atoms with Gasteiger partial charge in [0.05, 0.1) is 0 Å². The van der Waals surface area contributed by atoms with E-state index in [4.69, 9.17) is 9.26 Å². The van der Waals surface area contributed by atoms with E-state index in [0.29, 0.717) is 17.0 Å². The Hall–Kier alpha value is -3.21. The van der Waals surface area contributed by atoms with Crippen LogP contribution in [0.25, 0.3) is 17.4 Å². The second kappa shape index (κ2) is 7.37. The molecule has 0 aliphatic rings. The Morgan fingerprint density at radius 3 is 2.62 bits per heavy atom. The van der Waals surface area contributed by atoms with Gasteiger partial charge in [-0.2, -0.15) is 0 Å². The third kappa shape index (κ3) is 4.16. The number of hydrogen-bond donors (Lipinski definition) is 0. The number of esters is 1. The standard InChI is InChI=1S/C19H14FNO3/c20-16-9-7-15(8-10-16)18-12-17(21-24-18)13-23-19(22)11-6-14-4-2-1-3-5-14/h1-12H,13H2/b11-6+. The minimum atomic E-state index is -0.467. The predicted octanol–water partition coefficient (Wildman–Crippen LogP) is 4.24. The van der Waals surface area contributed by atoms with Crippen LogP contribution < -0.4 is 0 Å². The zero-order chi connectivity index (χ0) is 16.8. The van der Waals surface area contributed by atoms with E-state index in [1.54, 1.807) is 24.3 Å². The van der Waals surface area contributed by atoms with Crippen molar-refractivity contribution in [2.45, 2.75) is 6.61 Å². The Kier molecular flexibility index (Phi) is 4.81. The highest BCUT2D eigenvalue weighted by Gasteiger charge is 2.08. The van der Waals surface area contributed by atoms with Gasteiger partial charge in [0.25, 0.3) is 0 Å². The van der Waals surface area contributed by atoms with Gasteiger partial charge < -0.3 is 9.26 Å². The summed E-state index contributed by atoms with van der Waals surface area (Å²) in [5, 5.41) is 3.84. The molecule has 5 heteroatoms. The van der Waals surface area contributed by atoms with E-state index in [0.717, 1.165) is 5.56 Å². The monoisotopic (exact) mass is 323 g/mol. The van der Waals surface area contributed by atoms with E-state index >= 15 is 0 Å². The summed E-state index contributed by atoms with van der Waals surface area (Å²) in [6, 6.07) is 17.0. The number of ether oxygens (including phenoxy) is 1. The molecule has 0 N–H and O–H groups in total. The first-order chi connectivity index (χ1) is 11.7. The van der Waals surface area contributed by atoms with Crippen molar-refractivity contribution >= 4 is 12.0 Å². The fraction of sp³-hybridized carbons (Fsp3) is 0.0526. The van der Waals surface area contributed by atoms with Crippen LogP contribution in [-0.4, -0.2) is 11.1 Å². The zero-order valence-corrected chi connectivity index (χ0v) is 12.7. The first-order valence-corrected chi connectivity index (χ1v) is 7.32. The Balaban J connectivity index is 1.56. The highest BCUT2D eigenvalue weighted by atomic mass is 19.1. The van der Waals surface area contributed by atoms with Gasteiger partial charge in [-0.3, -0.25) is 0 Å². The number of aromatic nitrogens is 1. The summed E-state index contributed by atoms with van der Waals surface area (Å²) in [4.78, 5) is 11.7.